The van der Waals surface area contributed by atoms with Crippen molar-refractivity contribution in [2.75, 3.05) is 11.4 Å². The second-order valence-electron chi connectivity index (χ2n) is 10.8. The molecule has 0 amide bonds. The van der Waals surface area contributed by atoms with Crippen molar-refractivity contribution in [3.8, 4) is 16.9 Å². The van der Waals surface area contributed by atoms with Crippen LogP contribution in [0.4, 0.5) is 10.3 Å². The van der Waals surface area contributed by atoms with E-state index < -0.39 is 0 Å². The van der Waals surface area contributed by atoms with Gasteiger partial charge in [0.25, 0.3) is 0 Å². The van der Waals surface area contributed by atoms with E-state index in [0.29, 0.717) is 36.0 Å². The zero-order chi connectivity index (χ0) is 28.0. The van der Waals surface area contributed by atoms with Gasteiger partial charge in [-0.2, -0.15) is 5.10 Å². The van der Waals surface area contributed by atoms with E-state index in [-0.39, 0.29) is 12.4 Å². The lowest BCUT2D eigenvalue weighted by molar-refractivity contribution is 0.282. The molecule has 1 aliphatic rings. The number of H-pyrrole nitrogens is 1. The number of aromatic amines is 1. The van der Waals surface area contributed by atoms with E-state index in [1.807, 2.05) is 23.1 Å². The fourth-order valence-corrected chi connectivity index (χ4v) is 5.88. The Kier molecular flexibility index (Phi) is 6.88. The van der Waals surface area contributed by atoms with Crippen molar-refractivity contribution < 1.29 is 9.50 Å². The normalized spacial score (nSPS) is 13.4. The van der Waals surface area contributed by atoms with Gasteiger partial charge in [-0.3, -0.25) is 0 Å². The third-order valence-electron chi connectivity index (χ3n) is 8.10. The molecule has 0 aliphatic carbocycles. The molecule has 0 spiro atoms. The highest BCUT2D eigenvalue weighted by Gasteiger charge is 2.31. The van der Waals surface area contributed by atoms with Gasteiger partial charge >= 0.3 is 0 Å². The van der Waals surface area contributed by atoms with Crippen LogP contribution >= 0.6 is 0 Å². The third-order valence-corrected chi connectivity index (χ3v) is 8.10. The van der Waals surface area contributed by atoms with Crippen LogP contribution in [0.3, 0.4) is 0 Å². The zero-order valence-corrected chi connectivity index (χ0v) is 23.5. The summed E-state index contributed by atoms with van der Waals surface area (Å²) in [6.45, 7) is 9.54. The Morgan fingerprint density at radius 2 is 1.77 bits per heavy atom. The molecule has 0 bridgehead atoms. The van der Waals surface area contributed by atoms with Crippen LogP contribution < -0.4 is 4.90 Å². The number of anilines is 1. The summed E-state index contributed by atoms with van der Waals surface area (Å²) in [6.07, 6.45) is 7.96. The van der Waals surface area contributed by atoms with E-state index in [9.17, 15) is 5.11 Å². The van der Waals surface area contributed by atoms with Gasteiger partial charge in [0.2, 0.25) is 5.95 Å². The number of nitrogens with one attached hydrogen (secondary N) is 1. The highest BCUT2D eigenvalue weighted by atomic mass is 19.1. The number of aryl methyl sites for hydroxylation is 2. The fraction of sp³-hybridized carbons (Fsp3) is 0.344. The first-order valence-corrected chi connectivity index (χ1v) is 14.1. The van der Waals surface area contributed by atoms with Crippen LogP contribution in [-0.2, 0) is 32.4 Å². The Bertz CT molecular complexity index is 1660. The SMILES string of the molecule is CCc1cccc(CC)c1-n1nc2c(c1-c1c(F)cc(CO)c3[nH]ccc13)CN(c1ncc(C(C)C)cn1)CC2. The summed E-state index contributed by atoms with van der Waals surface area (Å²) in [6, 6.07) is 9.68. The second kappa shape index (κ2) is 10.5. The number of para-hydroxylation sites is 1. The molecule has 206 valence electrons. The molecular formula is C32H35FN6O. The average molecular weight is 539 g/mol. The molecule has 0 radical (unpaired) electrons. The molecule has 0 fully saturated rings. The van der Waals surface area contributed by atoms with Crippen LogP contribution in [0.25, 0.3) is 27.8 Å². The summed E-state index contributed by atoms with van der Waals surface area (Å²) in [4.78, 5) is 14.7. The number of nitrogens with zero attached hydrogens (tertiary/aromatic N) is 5. The molecule has 3 aromatic heterocycles. The monoisotopic (exact) mass is 538 g/mol. The van der Waals surface area contributed by atoms with Crippen molar-refractivity contribution in [2.45, 2.75) is 66.0 Å². The number of aromatic nitrogens is 5. The van der Waals surface area contributed by atoms with Gasteiger partial charge in [-0.25, -0.2) is 19.0 Å². The summed E-state index contributed by atoms with van der Waals surface area (Å²) in [5.41, 5.74) is 8.92. The van der Waals surface area contributed by atoms with Gasteiger partial charge in [-0.15, -0.1) is 0 Å². The van der Waals surface area contributed by atoms with Gasteiger partial charge < -0.3 is 15.0 Å². The maximum absolute atomic E-state index is 16.2. The molecular weight excluding hydrogens is 503 g/mol. The molecule has 0 unspecified atom stereocenters. The van der Waals surface area contributed by atoms with E-state index >= 15 is 4.39 Å². The van der Waals surface area contributed by atoms with Crippen LogP contribution in [0.2, 0.25) is 0 Å². The van der Waals surface area contributed by atoms with E-state index in [4.69, 9.17) is 5.10 Å². The lowest BCUT2D eigenvalue weighted by atomic mass is 9.95. The average Bonchev–Trinajstić information content (AvgIpc) is 3.61. The van der Waals surface area contributed by atoms with Crippen molar-refractivity contribution in [3.05, 3.63) is 88.3 Å². The number of hydrogen-bond acceptors (Lipinski definition) is 5. The molecule has 4 heterocycles. The number of aliphatic hydroxyl groups is 1. The second-order valence-corrected chi connectivity index (χ2v) is 10.8. The summed E-state index contributed by atoms with van der Waals surface area (Å²) in [5, 5.41) is 15.9. The maximum atomic E-state index is 16.2. The van der Waals surface area contributed by atoms with Crippen LogP contribution in [0, 0.1) is 5.82 Å². The lowest BCUT2D eigenvalue weighted by Crippen LogP contribution is -2.31. The van der Waals surface area contributed by atoms with Gasteiger partial charge in [-0.05, 0) is 47.6 Å². The number of rotatable bonds is 7. The zero-order valence-electron chi connectivity index (χ0n) is 23.5. The van der Waals surface area contributed by atoms with Crippen molar-refractivity contribution in [3.63, 3.8) is 0 Å². The first-order chi connectivity index (χ1) is 19.4. The van der Waals surface area contributed by atoms with E-state index in [2.05, 4.69) is 65.7 Å². The van der Waals surface area contributed by atoms with E-state index in [1.165, 1.54) is 17.2 Å². The van der Waals surface area contributed by atoms with Gasteiger partial charge in [0.05, 0.1) is 29.2 Å². The fourth-order valence-electron chi connectivity index (χ4n) is 5.88. The molecule has 1 aliphatic heterocycles. The predicted molar refractivity (Wildman–Crippen MR) is 156 cm³/mol. The molecule has 2 aromatic carbocycles. The minimum absolute atomic E-state index is 0.248. The minimum atomic E-state index is -0.373. The Morgan fingerprint density at radius 3 is 2.42 bits per heavy atom. The smallest absolute Gasteiger partial charge is 0.225 e. The summed E-state index contributed by atoms with van der Waals surface area (Å²) < 4.78 is 18.2. The number of aliphatic hydroxyl groups excluding tert-OH is 1. The Labute approximate surface area is 233 Å². The standard InChI is InChI=1S/C32H35FN6O/c1-5-20-8-7-9-21(6-2)30(20)39-31(28-24-10-12-34-29(24)22(18-40)14-26(28)33)25-17-38(13-11-27(25)37-39)32-35-15-23(16-36-32)19(3)4/h7-10,12,14-16,19,34,40H,5-6,11,13,17-18H2,1-4H3. The van der Waals surface area contributed by atoms with Crippen molar-refractivity contribution in [1.82, 2.24) is 24.7 Å². The molecule has 0 atom stereocenters. The highest BCUT2D eigenvalue weighted by Crippen LogP contribution is 2.41. The maximum Gasteiger partial charge on any atom is 0.225 e. The predicted octanol–water partition coefficient (Wildman–Crippen LogP) is 6.25. The number of hydrogen-bond donors (Lipinski definition) is 2. The van der Waals surface area contributed by atoms with Crippen LogP contribution in [0.15, 0.2) is 48.9 Å². The first-order valence-electron chi connectivity index (χ1n) is 14.1. The molecule has 40 heavy (non-hydrogen) atoms. The molecule has 7 nitrogen and oxygen atoms in total. The number of benzene rings is 2. The topological polar surface area (TPSA) is 82.9 Å². The van der Waals surface area contributed by atoms with Crippen molar-refractivity contribution in [1.29, 1.82) is 0 Å². The van der Waals surface area contributed by atoms with Gasteiger partial charge in [0.1, 0.15) is 5.82 Å². The highest BCUT2D eigenvalue weighted by molar-refractivity contribution is 5.97. The first kappa shape index (κ1) is 26.2. The van der Waals surface area contributed by atoms with Gasteiger partial charge in [0.15, 0.2) is 0 Å². The summed E-state index contributed by atoms with van der Waals surface area (Å²) in [5.74, 6) is 0.647. The van der Waals surface area contributed by atoms with Gasteiger partial charge in [0, 0.05) is 60.2 Å². The van der Waals surface area contributed by atoms with Crippen LogP contribution in [0.1, 0.15) is 67.1 Å². The summed E-state index contributed by atoms with van der Waals surface area (Å²) in [7, 11) is 0. The summed E-state index contributed by atoms with van der Waals surface area (Å²) >= 11 is 0. The molecule has 6 rings (SSSR count). The Morgan fingerprint density at radius 1 is 1.05 bits per heavy atom. The molecule has 5 aromatic rings. The Hall–Kier alpha value is -4.04. The quantitative estimate of drug-likeness (QED) is 0.256. The number of halogens is 1. The number of fused-ring (bicyclic) bond motifs is 2. The molecule has 2 N–H and O–H groups in total. The van der Waals surface area contributed by atoms with Crippen molar-refractivity contribution in [2.24, 2.45) is 0 Å². The molecule has 8 heteroatoms. The van der Waals surface area contributed by atoms with E-state index in [1.54, 1.807) is 6.20 Å². The molecule has 0 saturated carbocycles. The van der Waals surface area contributed by atoms with E-state index in [0.717, 1.165) is 58.5 Å². The van der Waals surface area contributed by atoms with Crippen LogP contribution in [-0.4, -0.2) is 36.4 Å². The minimum Gasteiger partial charge on any atom is -0.392 e. The van der Waals surface area contributed by atoms with Crippen LogP contribution in [0.5, 0.6) is 0 Å². The van der Waals surface area contributed by atoms with Crippen molar-refractivity contribution >= 4 is 16.9 Å². The van der Waals surface area contributed by atoms with Gasteiger partial charge in [-0.1, -0.05) is 45.9 Å². The third kappa shape index (κ3) is 4.27. The largest absolute Gasteiger partial charge is 0.392 e. The lowest BCUT2D eigenvalue weighted by Gasteiger charge is -2.27. The molecule has 0 saturated heterocycles. The Balaban J connectivity index is 1.60.